The number of rotatable bonds is 15. The fourth-order valence-corrected chi connectivity index (χ4v) is 5.84. The van der Waals surface area contributed by atoms with Crippen LogP contribution >= 0.6 is 11.6 Å². The van der Waals surface area contributed by atoms with Gasteiger partial charge in [0.2, 0.25) is 11.8 Å². The number of unbranched alkanes of at least 4 members (excludes halogenated alkanes) is 1. The number of carbonyl (C=O) groups is 2. The highest BCUT2D eigenvalue weighted by atomic mass is 35.5. The number of hydrogen-bond acceptors (Lipinski definition) is 7. The molecule has 0 aliphatic heterocycles. The molecule has 0 bridgehead atoms. The van der Waals surface area contributed by atoms with Gasteiger partial charge in [-0.2, -0.15) is 0 Å². The fourth-order valence-electron chi connectivity index (χ4n) is 4.29. The molecular formula is C31H38ClN3O7S. The number of amides is 2. The van der Waals surface area contributed by atoms with Crippen LogP contribution in [0.1, 0.15) is 32.3 Å². The van der Waals surface area contributed by atoms with E-state index in [-0.39, 0.29) is 28.8 Å². The number of nitrogens with zero attached hydrogens (tertiary/aromatic N) is 2. The van der Waals surface area contributed by atoms with Gasteiger partial charge < -0.3 is 24.4 Å². The summed E-state index contributed by atoms with van der Waals surface area (Å²) in [6, 6.07) is 16.5. The highest BCUT2D eigenvalue weighted by Crippen LogP contribution is 2.32. The fraction of sp³-hybridized carbons (Fsp3) is 0.355. The van der Waals surface area contributed by atoms with Crippen molar-refractivity contribution in [2.24, 2.45) is 0 Å². The maximum atomic E-state index is 14.1. The molecule has 0 spiro atoms. The van der Waals surface area contributed by atoms with Crippen molar-refractivity contribution in [3.8, 4) is 17.2 Å². The number of anilines is 1. The second kappa shape index (κ2) is 15.5. The molecule has 1 N–H and O–H groups in total. The van der Waals surface area contributed by atoms with Crippen LogP contribution in [0.3, 0.4) is 0 Å². The first-order valence-corrected chi connectivity index (χ1v) is 15.6. The van der Waals surface area contributed by atoms with Gasteiger partial charge in [0.15, 0.2) is 11.5 Å². The summed E-state index contributed by atoms with van der Waals surface area (Å²) >= 11 is 6.09. The molecule has 0 aliphatic carbocycles. The van der Waals surface area contributed by atoms with Crippen LogP contribution in [0, 0.1) is 0 Å². The van der Waals surface area contributed by atoms with Crippen LogP contribution in [0.5, 0.6) is 17.2 Å². The molecule has 0 aromatic heterocycles. The zero-order valence-corrected chi connectivity index (χ0v) is 26.6. The summed E-state index contributed by atoms with van der Waals surface area (Å²) in [5.41, 5.74) is 0.958. The molecule has 0 fully saturated rings. The number of ether oxygens (including phenoxy) is 3. The minimum absolute atomic E-state index is 0.0655. The smallest absolute Gasteiger partial charge is 0.264 e. The maximum absolute atomic E-state index is 14.1. The lowest BCUT2D eigenvalue weighted by atomic mass is 10.1. The summed E-state index contributed by atoms with van der Waals surface area (Å²) in [7, 11) is 0.0926. The third kappa shape index (κ3) is 8.55. The number of sulfonamides is 1. The zero-order chi connectivity index (χ0) is 31.6. The molecule has 3 aromatic carbocycles. The van der Waals surface area contributed by atoms with Gasteiger partial charge in [-0.15, -0.1) is 0 Å². The van der Waals surface area contributed by atoms with Crippen LogP contribution in [-0.4, -0.2) is 65.6 Å². The van der Waals surface area contributed by atoms with E-state index in [4.69, 9.17) is 25.8 Å². The van der Waals surface area contributed by atoms with E-state index in [1.54, 1.807) is 38.3 Å². The summed E-state index contributed by atoms with van der Waals surface area (Å²) in [5.74, 6) is 0.291. The van der Waals surface area contributed by atoms with E-state index in [0.717, 1.165) is 22.7 Å². The average molecular weight is 632 g/mol. The Labute approximate surface area is 258 Å². The van der Waals surface area contributed by atoms with Crippen molar-refractivity contribution in [1.29, 1.82) is 0 Å². The lowest BCUT2D eigenvalue weighted by molar-refractivity contribution is -0.139. The number of methoxy groups -OCH3 is 3. The Morgan fingerprint density at radius 2 is 1.56 bits per heavy atom. The van der Waals surface area contributed by atoms with Gasteiger partial charge in [-0.1, -0.05) is 37.1 Å². The summed E-state index contributed by atoms with van der Waals surface area (Å²) in [5, 5.41) is 3.27. The van der Waals surface area contributed by atoms with Crippen molar-refractivity contribution in [3.63, 3.8) is 0 Å². The van der Waals surface area contributed by atoms with Gasteiger partial charge in [-0.25, -0.2) is 8.42 Å². The molecular weight excluding hydrogens is 594 g/mol. The Hall–Kier alpha value is -3.96. The summed E-state index contributed by atoms with van der Waals surface area (Å²) in [6.45, 7) is 3.59. The van der Waals surface area contributed by atoms with Gasteiger partial charge in [0.25, 0.3) is 10.0 Å². The van der Waals surface area contributed by atoms with E-state index < -0.39 is 28.5 Å². The number of hydrogen-bond donors (Lipinski definition) is 1. The van der Waals surface area contributed by atoms with Crippen LogP contribution in [-0.2, 0) is 26.2 Å². The van der Waals surface area contributed by atoms with Gasteiger partial charge in [0.1, 0.15) is 18.3 Å². The molecule has 1 atom stereocenters. The molecule has 0 unspecified atom stereocenters. The highest BCUT2D eigenvalue weighted by Gasteiger charge is 2.33. The molecule has 2 amide bonds. The topological polar surface area (TPSA) is 114 Å². The van der Waals surface area contributed by atoms with Crippen molar-refractivity contribution in [2.45, 2.75) is 44.2 Å². The number of nitrogens with one attached hydrogen (secondary N) is 1. The van der Waals surface area contributed by atoms with E-state index in [1.165, 1.54) is 61.6 Å². The molecule has 0 aliphatic rings. The highest BCUT2D eigenvalue weighted by molar-refractivity contribution is 7.92. The first-order valence-electron chi connectivity index (χ1n) is 13.8. The van der Waals surface area contributed by atoms with Gasteiger partial charge in [-0.3, -0.25) is 13.9 Å². The second-order valence-electron chi connectivity index (χ2n) is 9.70. The van der Waals surface area contributed by atoms with Crippen LogP contribution in [0.2, 0.25) is 5.02 Å². The van der Waals surface area contributed by atoms with Gasteiger partial charge >= 0.3 is 0 Å². The lowest BCUT2D eigenvalue weighted by Gasteiger charge is -2.32. The molecule has 43 heavy (non-hydrogen) atoms. The molecule has 12 heteroatoms. The zero-order valence-electron chi connectivity index (χ0n) is 25.0. The first-order chi connectivity index (χ1) is 20.5. The molecule has 3 aromatic rings. The average Bonchev–Trinajstić information content (AvgIpc) is 3.02. The van der Waals surface area contributed by atoms with E-state index in [2.05, 4.69) is 5.32 Å². The van der Waals surface area contributed by atoms with E-state index >= 15 is 0 Å². The molecule has 0 radical (unpaired) electrons. The van der Waals surface area contributed by atoms with Crippen LogP contribution in [0.25, 0.3) is 0 Å². The molecule has 3 rings (SSSR count). The van der Waals surface area contributed by atoms with Crippen LogP contribution in [0.15, 0.2) is 71.6 Å². The first kappa shape index (κ1) is 33.5. The van der Waals surface area contributed by atoms with Crippen molar-refractivity contribution in [1.82, 2.24) is 10.2 Å². The monoisotopic (exact) mass is 631 g/mol. The van der Waals surface area contributed by atoms with E-state index in [9.17, 15) is 18.0 Å². The Kier molecular flexibility index (Phi) is 12.1. The third-order valence-corrected chi connectivity index (χ3v) is 8.87. The normalized spacial score (nSPS) is 11.8. The lowest BCUT2D eigenvalue weighted by Crippen LogP contribution is -2.51. The minimum Gasteiger partial charge on any atom is -0.497 e. The molecule has 0 saturated heterocycles. The maximum Gasteiger partial charge on any atom is 0.264 e. The number of halogens is 1. The van der Waals surface area contributed by atoms with Crippen molar-refractivity contribution in [2.75, 3.05) is 38.7 Å². The minimum atomic E-state index is -4.31. The van der Waals surface area contributed by atoms with Crippen LogP contribution < -0.4 is 23.8 Å². The van der Waals surface area contributed by atoms with Gasteiger partial charge in [0.05, 0.1) is 31.9 Å². The quantitative estimate of drug-likeness (QED) is 0.238. The van der Waals surface area contributed by atoms with Crippen molar-refractivity contribution < 1.29 is 32.2 Å². The number of benzene rings is 3. The van der Waals surface area contributed by atoms with E-state index in [1.807, 2.05) is 6.92 Å². The molecule has 0 heterocycles. The number of carbonyl (C=O) groups excluding carboxylic acids is 2. The predicted molar refractivity (Wildman–Crippen MR) is 166 cm³/mol. The largest absolute Gasteiger partial charge is 0.497 e. The summed E-state index contributed by atoms with van der Waals surface area (Å²) in [4.78, 5) is 28.4. The molecule has 10 nitrogen and oxygen atoms in total. The molecule has 232 valence electrons. The second-order valence-corrected chi connectivity index (χ2v) is 12.0. The van der Waals surface area contributed by atoms with Crippen LogP contribution in [0.4, 0.5) is 5.69 Å². The third-order valence-electron chi connectivity index (χ3n) is 6.85. The van der Waals surface area contributed by atoms with Crippen molar-refractivity contribution in [3.05, 3.63) is 77.3 Å². The van der Waals surface area contributed by atoms with Crippen molar-refractivity contribution >= 4 is 39.1 Å². The SMILES string of the molecule is CCCCNC(=O)[C@H](C)N(Cc1ccc(OC)cc1)C(=O)CN(c1ccc(Cl)cc1)S(=O)(=O)c1ccc(OC)c(OC)c1. The summed E-state index contributed by atoms with van der Waals surface area (Å²) in [6.07, 6.45) is 1.69. The van der Waals surface area contributed by atoms with E-state index in [0.29, 0.717) is 23.1 Å². The Balaban J connectivity index is 2.03. The summed E-state index contributed by atoms with van der Waals surface area (Å²) < 4.78 is 45.0. The standard InChI is InChI=1S/C31H38ClN3O7S/c1-6-7-18-33-31(37)22(2)34(20-23-8-14-26(40-3)15-9-23)30(36)21-35(25-12-10-24(32)11-13-25)43(38,39)27-16-17-28(41-4)29(19-27)42-5/h8-17,19,22H,6-7,18,20-21H2,1-5H3,(H,33,37)/t22-/m0/s1. The van der Waals surface area contributed by atoms with Gasteiger partial charge in [-0.05, 0) is 67.4 Å². The van der Waals surface area contributed by atoms with Gasteiger partial charge in [0, 0.05) is 24.2 Å². The Morgan fingerprint density at radius 1 is 0.907 bits per heavy atom. The molecule has 0 saturated carbocycles. The predicted octanol–water partition coefficient (Wildman–Crippen LogP) is 4.89. The Morgan fingerprint density at radius 3 is 2.14 bits per heavy atom. The Bertz CT molecular complexity index is 1480.